The predicted octanol–water partition coefficient (Wildman–Crippen LogP) is 2.85. The summed E-state index contributed by atoms with van der Waals surface area (Å²) < 4.78 is 0. The van der Waals surface area contributed by atoms with E-state index in [1.165, 1.54) is 49.3 Å². The lowest BCUT2D eigenvalue weighted by Gasteiger charge is -2.33. The molecule has 1 aromatic rings. The van der Waals surface area contributed by atoms with E-state index in [0.29, 0.717) is 0 Å². The second kappa shape index (κ2) is 7.98. The van der Waals surface area contributed by atoms with E-state index in [0.717, 1.165) is 25.6 Å². The van der Waals surface area contributed by atoms with Gasteiger partial charge >= 0.3 is 0 Å². The summed E-state index contributed by atoms with van der Waals surface area (Å²) in [5.74, 6) is 0. The van der Waals surface area contributed by atoms with E-state index in [2.05, 4.69) is 29.0 Å². The minimum absolute atomic E-state index is 0.800. The number of aryl methyl sites for hydroxylation is 1. The number of nitrogens with zero attached hydrogens (tertiary/aromatic N) is 2. The molecule has 1 N–H and O–H groups in total. The SMILES string of the molecule is Cc1ncsc1CCNCCCN1CCCCC1C. The molecular formula is C15H27N3S. The van der Waals surface area contributed by atoms with Crippen molar-refractivity contribution in [2.24, 2.45) is 0 Å². The molecule has 0 aromatic carbocycles. The summed E-state index contributed by atoms with van der Waals surface area (Å²) in [6.07, 6.45) is 6.59. The highest BCUT2D eigenvalue weighted by atomic mass is 32.1. The van der Waals surface area contributed by atoms with Crippen molar-refractivity contribution < 1.29 is 0 Å². The highest BCUT2D eigenvalue weighted by Crippen LogP contribution is 2.16. The predicted molar refractivity (Wildman–Crippen MR) is 82.9 cm³/mol. The van der Waals surface area contributed by atoms with Gasteiger partial charge in [-0.15, -0.1) is 11.3 Å². The van der Waals surface area contributed by atoms with E-state index in [1.54, 1.807) is 11.3 Å². The van der Waals surface area contributed by atoms with Gasteiger partial charge in [0.15, 0.2) is 0 Å². The molecule has 0 bridgehead atoms. The fourth-order valence-corrected chi connectivity index (χ4v) is 3.57. The molecule has 1 aliphatic heterocycles. The number of aromatic nitrogens is 1. The van der Waals surface area contributed by atoms with Crippen molar-refractivity contribution in [1.82, 2.24) is 15.2 Å². The summed E-state index contributed by atoms with van der Waals surface area (Å²) in [5, 5.41) is 3.56. The number of rotatable bonds is 7. The quantitative estimate of drug-likeness (QED) is 0.779. The fourth-order valence-electron chi connectivity index (χ4n) is 2.79. The van der Waals surface area contributed by atoms with E-state index in [4.69, 9.17) is 0 Å². The van der Waals surface area contributed by atoms with Crippen LogP contribution < -0.4 is 5.32 Å². The number of hydrogen-bond donors (Lipinski definition) is 1. The van der Waals surface area contributed by atoms with Crippen molar-refractivity contribution in [3.8, 4) is 0 Å². The number of thiazole rings is 1. The van der Waals surface area contributed by atoms with Crippen LogP contribution in [0.25, 0.3) is 0 Å². The van der Waals surface area contributed by atoms with E-state index in [-0.39, 0.29) is 0 Å². The van der Waals surface area contributed by atoms with Crippen LogP contribution in [-0.2, 0) is 6.42 Å². The van der Waals surface area contributed by atoms with Gasteiger partial charge in [-0.1, -0.05) is 6.42 Å². The number of likely N-dealkylation sites (tertiary alicyclic amines) is 1. The Morgan fingerprint density at radius 1 is 1.42 bits per heavy atom. The largest absolute Gasteiger partial charge is 0.316 e. The molecule has 3 nitrogen and oxygen atoms in total. The average molecular weight is 281 g/mol. The van der Waals surface area contributed by atoms with E-state index < -0.39 is 0 Å². The maximum absolute atomic E-state index is 4.29. The van der Waals surface area contributed by atoms with Crippen LogP contribution in [0.5, 0.6) is 0 Å². The molecule has 0 aliphatic carbocycles. The van der Waals surface area contributed by atoms with E-state index in [1.807, 2.05) is 5.51 Å². The molecule has 4 heteroatoms. The molecular weight excluding hydrogens is 254 g/mol. The second-order valence-corrected chi connectivity index (χ2v) is 6.53. The average Bonchev–Trinajstić information content (AvgIpc) is 2.81. The van der Waals surface area contributed by atoms with Crippen molar-refractivity contribution in [3.63, 3.8) is 0 Å². The van der Waals surface area contributed by atoms with Gasteiger partial charge in [0.05, 0.1) is 11.2 Å². The first kappa shape index (κ1) is 14.9. The Morgan fingerprint density at radius 3 is 3.05 bits per heavy atom. The van der Waals surface area contributed by atoms with Crippen LogP contribution in [-0.4, -0.2) is 42.1 Å². The maximum atomic E-state index is 4.29. The van der Waals surface area contributed by atoms with Crippen LogP contribution in [0.4, 0.5) is 0 Å². The summed E-state index contributed by atoms with van der Waals surface area (Å²) in [5.41, 5.74) is 3.15. The summed E-state index contributed by atoms with van der Waals surface area (Å²) in [7, 11) is 0. The van der Waals surface area contributed by atoms with Gasteiger partial charge in [-0.25, -0.2) is 4.98 Å². The zero-order valence-corrected chi connectivity index (χ0v) is 13.1. The summed E-state index contributed by atoms with van der Waals surface area (Å²) in [4.78, 5) is 8.36. The first-order chi connectivity index (χ1) is 9.27. The Hall–Kier alpha value is -0.450. The molecule has 19 heavy (non-hydrogen) atoms. The van der Waals surface area contributed by atoms with Gasteiger partial charge in [-0.3, -0.25) is 0 Å². The zero-order chi connectivity index (χ0) is 13.5. The Balaban J connectivity index is 1.51. The Labute approximate surface area is 121 Å². The molecule has 1 aliphatic rings. The molecule has 1 unspecified atom stereocenters. The van der Waals surface area contributed by atoms with Gasteiger partial charge in [0.2, 0.25) is 0 Å². The van der Waals surface area contributed by atoms with Crippen molar-refractivity contribution in [1.29, 1.82) is 0 Å². The molecule has 0 radical (unpaired) electrons. The lowest BCUT2D eigenvalue weighted by atomic mass is 10.0. The van der Waals surface area contributed by atoms with E-state index >= 15 is 0 Å². The van der Waals surface area contributed by atoms with Crippen LogP contribution >= 0.6 is 11.3 Å². The zero-order valence-electron chi connectivity index (χ0n) is 12.3. The fraction of sp³-hybridized carbons (Fsp3) is 0.800. The van der Waals surface area contributed by atoms with Crippen molar-refractivity contribution in [2.75, 3.05) is 26.2 Å². The van der Waals surface area contributed by atoms with Gasteiger partial charge in [0, 0.05) is 17.5 Å². The third-order valence-corrected chi connectivity index (χ3v) is 5.11. The third kappa shape index (κ3) is 4.86. The van der Waals surface area contributed by atoms with Gasteiger partial charge in [-0.2, -0.15) is 0 Å². The molecule has 0 amide bonds. The number of piperidine rings is 1. The minimum Gasteiger partial charge on any atom is -0.316 e. The van der Waals surface area contributed by atoms with Gasteiger partial charge in [-0.05, 0) is 59.2 Å². The highest BCUT2D eigenvalue weighted by molar-refractivity contribution is 7.09. The standard InChI is InChI=1S/C15H27N3S/c1-13-6-3-4-10-18(13)11-5-8-16-9-7-15-14(2)17-12-19-15/h12-13,16H,3-11H2,1-2H3. The van der Waals surface area contributed by atoms with Crippen molar-refractivity contribution in [2.45, 2.75) is 52.0 Å². The molecule has 2 heterocycles. The maximum Gasteiger partial charge on any atom is 0.0797 e. The summed E-state index contributed by atoms with van der Waals surface area (Å²) in [6, 6.07) is 0.800. The first-order valence-corrected chi connectivity index (χ1v) is 8.49. The topological polar surface area (TPSA) is 28.2 Å². The molecule has 1 saturated heterocycles. The smallest absolute Gasteiger partial charge is 0.0797 e. The van der Waals surface area contributed by atoms with Gasteiger partial charge < -0.3 is 10.2 Å². The molecule has 0 spiro atoms. The monoisotopic (exact) mass is 281 g/mol. The first-order valence-electron chi connectivity index (χ1n) is 7.61. The number of hydrogen-bond acceptors (Lipinski definition) is 4. The van der Waals surface area contributed by atoms with Crippen LogP contribution in [0.2, 0.25) is 0 Å². The number of nitrogens with one attached hydrogen (secondary N) is 1. The molecule has 1 fully saturated rings. The molecule has 0 saturated carbocycles. The van der Waals surface area contributed by atoms with Crippen LogP contribution in [0.15, 0.2) is 5.51 Å². The van der Waals surface area contributed by atoms with Crippen LogP contribution in [0.3, 0.4) is 0 Å². The summed E-state index contributed by atoms with van der Waals surface area (Å²) in [6.45, 7) is 9.26. The minimum atomic E-state index is 0.800. The normalized spacial score (nSPS) is 20.8. The summed E-state index contributed by atoms with van der Waals surface area (Å²) >= 11 is 1.78. The lowest BCUT2D eigenvalue weighted by molar-refractivity contribution is 0.159. The Morgan fingerprint density at radius 2 is 2.32 bits per heavy atom. The molecule has 1 atom stereocenters. The van der Waals surface area contributed by atoms with Gasteiger partial charge in [0.1, 0.15) is 0 Å². The Kier molecular flexibility index (Phi) is 6.28. The molecule has 1 aromatic heterocycles. The van der Waals surface area contributed by atoms with Crippen LogP contribution in [0, 0.1) is 6.92 Å². The van der Waals surface area contributed by atoms with Crippen LogP contribution in [0.1, 0.15) is 43.2 Å². The lowest BCUT2D eigenvalue weighted by Crippen LogP contribution is -2.39. The van der Waals surface area contributed by atoms with Gasteiger partial charge in [0.25, 0.3) is 0 Å². The Bertz CT molecular complexity index is 364. The third-order valence-electron chi connectivity index (χ3n) is 4.11. The highest BCUT2D eigenvalue weighted by Gasteiger charge is 2.16. The molecule has 2 rings (SSSR count). The van der Waals surface area contributed by atoms with Crippen molar-refractivity contribution >= 4 is 11.3 Å². The molecule has 108 valence electrons. The van der Waals surface area contributed by atoms with Crippen molar-refractivity contribution in [3.05, 3.63) is 16.1 Å². The van der Waals surface area contributed by atoms with E-state index in [9.17, 15) is 0 Å². The second-order valence-electron chi connectivity index (χ2n) is 5.60.